The molecule has 2 heterocycles. The summed E-state index contributed by atoms with van der Waals surface area (Å²) in [6.45, 7) is 5.37. The van der Waals surface area contributed by atoms with E-state index in [-0.39, 0.29) is 5.91 Å². The minimum Gasteiger partial charge on any atom is -0.464 e. The third-order valence-electron chi connectivity index (χ3n) is 5.10. The fourth-order valence-corrected chi connectivity index (χ4v) is 3.39. The molecule has 28 heavy (non-hydrogen) atoms. The number of fused-ring (bicyclic) bond motifs is 1. The zero-order chi connectivity index (χ0) is 19.5. The number of amides is 1. The maximum atomic E-state index is 12.5. The molecule has 0 bridgehead atoms. The molecule has 4 rings (SSSR count). The van der Waals surface area contributed by atoms with E-state index in [0.29, 0.717) is 13.0 Å². The number of aromatic nitrogens is 2. The van der Waals surface area contributed by atoms with Crippen LogP contribution < -0.4 is 5.32 Å². The number of hydrogen-bond donors (Lipinski definition) is 1. The largest absolute Gasteiger partial charge is 0.464 e. The number of carbonyl (C=O) groups excluding carboxylic acids is 1. The highest BCUT2D eigenvalue weighted by Crippen LogP contribution is 2.26. The minimum atomic E-state index is -0.0130. The number of carbonyl (C=O) groups is 1. The van der Waals surface area contributed by atoms with Gasteiger partial charge >= 0.3 is 0 Å². The van der Waals surface area contributed by atoms with Crippen molar-refractivity contribution < 1.29 is 9.21 Å². The molecular formula is C23H23N3O2. The van der Waals surface area contributed by atoms with Crippen LogP contribution in [0.5, 0.6) is 0 Å². The van der Waals surface area contributed by atoms with Gasteiger partial charge in [0, 0.05) is 36.4 Å². The van der Waals surface area contributed by atoms with Crippen molar-refractivity contribution in [2.75, 3.05) is 0 Å². The van der Waals surface area contributed by atoms with E-state index in [1.54, 1.807) is 18.8 Å². The fraction of sp³-hybridized carbons (Fsp3) is 0.217. The molecule has 5 heteroatoms. The maximum absolute atomic E-state index is 12.5. The predicted molar refractivity (Wildman–Crippen MR) is 109 cm³/mol. The van der Waals surface area contributed by atoms with Gasteiger partial charge in [-0.25, -0.2) is 4.98 Å². The maximum Gasteiger partial charge on any atom is 0.224 e. The molecule has 0 radical (unpaired) electrons. The smallest absolute Gasteiger partial charge is 0.224 e. The van der Waals surface area contributed by atoms with Gasteiger partial charge in [-0.3, -0.25) is 4.79 Å². The molecule has 0 unspecified atom stereocenters. The summed E-state index contributed by atoms with van der Waals surface area (Å²) in [5.74, 6) is -0.0130. The van der Waals surface area contributed by atoms with Gasteiger partial charge in [-0.05, 0) is 36.1 Å². The van der Waals surface area contributed by atoms with Crippen molar-refractivity contribution in [2.24, 2.45) is 0 Å². The molecule has 0 atom stereocenters. The molecule has 0 saturated carbocycles. The number of rotatable bonds is 6. The second kappa shape index (κ2) is 7.72. The first-order valence-corrected chi connectivity index (χ1v) is 9.36. The Morgan fingerprint density at radius 3 is 2.86 bits per heavy atom. The zero-order valence-corrected chi connectivity index (χ0v) is 16.1. The van der Waals surface area contributed by atoms with Crippen molar-refractivity contribution in [1.82, 2.24) is 14.9 Å². The van der Waals surface area contributed by atoms with Crippen molar-refractivity contribution >= 4 is 16.9 Å². The zero-order valence-electron chi connectivity index (χ0n) is 16.1. The molecule has 2 aromatic carbocycles. The number of nitrogens with one attached hydrogen (secondary N) is 1. The molecule has 0 aliphatic heterocycles. The van der Waals surface area contributed by atoms with E-state index in [4.69, 9.17) is 4.42 Å². The van der Waals surface area contributed by atoms with Gasteiger partial charge in [0.1, 0.15) is 5.58 Å². The highest BCUT2D eigenvalue weighted by atomic mass is 16.3. The van der Waals surface area contributed by atoms with Gasteiger partial charge in [-0.2, -0.15) is 0 Å². The van der Waals surface area contributed by atoms with Gasteiger partial charge in [0.25, 0.3) is 0 Å². The molecule has 0 spiro atoms. The van der Waals surface area contributed by atoms with Crippen LogP contribution in [0.2, 0.25) is 0 Å². The summed E-state index contributed by atoms with van der Waals surface area (Å²) in [5, 5.41) is 4.03. The lowest BCUT2D eigenvalue weighted by Gasteiger charge is -2.08. The quantitative estimate of drug-likeness (QED) is 0.552. The normalized spacial score (nSPS) is 11.1. The molecule has 1 amide bonds. The average molecular weight is 373 g/mol. The van der Waals surface area contributed by atoms with Crippen molar-refractivity contribution in [2.45, 2.75) is 33.4 Å². The van der Waals surface area contributed by atoms with E-state index in [9.17, 15) is 4.79 Å². The van der Waals surface area contributed by atoms with Crippen LogP contribution in [-0.2, 0) is 24.3 Å². The second-order valence-electron chi connectivity index (χ2n) is 7.15. The Labute approximate surface area is 164 Å². The van der Waals surface area contributed by atoms with Crippen LogP contribution in [0.15, 0.2) is 65.8 Å². The molecule has 0 fully saturated rings. The molecule has 5 nitrogen and oxygen atoms in total. The van der Waals surface area contributed by atoms with Gasteiger partial charge in [0.15, 0.2) is 0 Å². The summed E-state index contributed by atoms with van der Waals surface area (Å²) in [4.78, 5) is 16.5. The molecule has 0 saturated heterocycles. The topological polar surface area (TPSA) is 60.1 Å². The first kappa shape index (κ1) is 18.0. The third kappa shape index (κ3) is 3.83. The van der Waals surface area contributed by atoms with Crippen LogP contribution in [0.4, 0.5) is 0 Å². The van der Waals surface area contributed by atoms with Crippen molar-refractivity contribution in [3.63, 3.8) is 0 Å². The minimum absolute atomic E-state index is 0.0130. The van der Waals surface area contributed by atoms with Gasteiger partial charge in [0.2, 0.25) is 5.91 Å². The number of benzene rings is 2. The number of hydrogen-bond acceptors (Lipinski definition) is 3. The van der Waals surface area contributed by atoms with Crippen molar-refractivity contribution in [1.29, 1.82) is 0 Å². The Bertz CT molecular complexity index is 1110. The monoisotopic (exact) mass is 373 g/mol. The van der Waals surface area contributed by atoms with Crippen LogP contribution >= 0.6 is 0 Å². The van der Waals surface area contributed by atoms with Crippen LogP contribution in [0, 0.1) is 13.8 Å². The third-order valence-corrected chi connectivity index (χ3v) is 5.10. The summed E-state index contributed by atoms with van der Waals surface area (Å²) in [6.07, 6.45) is 7.51. The number of aryl methyl sites for hydroxylation is 2. The Balaban J connectivity index is 1.39. The van der Waals surface area contributed by atoms with Crippen LogP contribution in [0.25, 0.3) is 11.0 Å². The lowest BCUT2D eigenvalue weighted by Crippen LogP contribution is -2.24. The number of nitrogens with zero attached hydrogens (tertiary/aromatic N) is 2. The molecule has 0 aliphatic rings. The average Bonchev–Trinajstić information content (AvgIpc) is 3.34. The van der Waals surface area contributed by atoms with Crippen LogP contribution in [0.3, 0.4) is 0 Å². The second-order valence-corrected chi connectivity index (χ2v) is 7.15. The van der Waals surface area contributed by atoms with Gasteiger partial charge in [-0.15, -0.1) is 0 Å². The molecule has 2 aromatic heterocycles. The Morgan fingerprint density at radius 2 is 2.04 bits per heavy atom. The van der Waals surface area contributed by atoms with E-state index in [2.05, 4.69) is 35.4 Å². The first-order chi connectivity index (χ1) is 13.6. The van der Waals surface area contributed by atoms with E-state index >= 15 is 0 Å². The van der Waals surface area contributed by atoms with Gasteiger partial charge < -0.3 is 14.3 Å². The number of furan rings is 1. The highest BCUT2D eigenvalue weighted by Gasteiger charge is 2.12. The standard InChI is InChI=1S/C23H23N3O2/c1-16-6-7-21-20(14-28-23(21)17(16)2)11-22(27)25-12-18-4-3-5-19(10-18)13-26-9-8-24-15-26/h3-10,14-15H,11-13H2,1-2H3,(H,25,27). The molecule has 142 valence electrons. The summed E-state index contributed by atoms with van der Waals surface area (Å²) in [5.41, 5.74) is 6.36. The highest BCUT2D eigenvalue weighted by molar-refractivity contribution is 5.89. The predicted octanol–water partition coefficient (Wildman–Crippen LogP) is 4.15. The summed E-state index contributed by atoms with van der Waals surface area (Å²) >= 11 is 0. The Kier molecular flexibility index (Phi) is 4.98. The van der Waals surface area contributed by atoms with Gasteiger partial charge in [0.05, 0.1) is 19.0 Å². The van der Waals surface area contributed by atoms with E-state index < -0.39 is 0 Å². The summed E-state index contributed by atoms with van der Waals surface area (Å²) in [6, 6.07) is 12.3. The molecular weight excluding hydrogens is 350 g/mol. The van der Waals surface area contributed by atoms with Gasteiger partial charge in [-0.1, -0.05) is 36.4 Å². The fourth-order valence-electron chi connectivity index (χ4n) is 3.39. The van der Waals surface area contributed by atoms with Crippen LogP contribution in [-0.4, -0.2) is 15.5 Å². The molecule has 0 aliphatic carbocycles. The lowest BCUT2D eigenvalue weighted by atomic mass is 10.0. The first-order valence-electron chi connectivity index (χ1n) is 9.36. The lowest BCUT2D eigenvalue weighted by molar-refractivity contribution is -0.120. The SMILES string of the molecule is Cc1ccc2c(CC(=O)NCc3cccc(Cn4ccnc4)c3)coc2c1C. The Hall–Kier alpha value is -3.34. The molecule has 4 aromatic rings. The number of imidazole rings is 1. The molecule has 1 N–H and O–H groups in total. The van der Waals surface area contributed by atoms with Crippen molar-refractivity contribution in [3.8, 4) is 0 Å². The van der Waals surface area contributed by atoms with Crippen LogP contribution in [0.1, 0.15) is 27.8 Å². The van der Waals surface area contributed by atoms with Crippen molar-refractivity contribution in [3.05, 3.63) is 89.2 Å². The summed E-state index contributed by atoms with van der Waals surface area (Å²) < 4.78 is 7.72. The van der Waals surface area contributed by atoms with E-state index in [1.165, 1.54) is 11.1 Å². The van der Waals surface area contributed by atoms with E-state index in [0.717, 1.165) is 34.2 Å². The van der Waals surface area contributed by atoms with E-state index in [1.807, 2.05) is 35.9 Å². The Morgan fingerprint density at radius 1 is 1.18 bits per heavy atom. The summed E-state index contributed by atoms with van der Waals surface area (Å²) in [7, 11) is 0.